The summed E-state index contributed by atoms with van der Waals surface area (Å²) in [5.74, 6) is 0. The number of hydrogen-bond acceptors (Lipinski definition) is 2. The average Bonchev–Trinajstić information content (AvgIpc) is 2.39. The Morgan fingerprint density at radius 3 is 2.22 bits per heavy atom. The van der Waals surface area contributed by atoms with E-state index in [0.717, 1.165) is 6.54 Å². The zero-order valence-electron chi connectivity index (χ0n) is 12.5. The number of unbranched alkanes of at least 4 members (excludes halogenated alkanes) is 8. The zero-order valence-corrected chi connectivity index (χ0v) is 12.5. The number of nitrogens with one attached hydrogen (secondary N) is 1. The molecule has 0 bridgehead atoms. The van der Waals surface area contributed by atoms with Gasteiger partial charge in [-0.25, -0.2) is 0 Å². The van der Waals surface area contributed by atoms with E-state index < -0.39 is 0 Å². The van der Waals surface area contributed by atoms with Gasteiger partial charge in [0.25, 0.3) is 0 Å². The molecule has 1 aliphatic rings. The Kier molecular flexibility index (Phi) is 9.01. The summed E-state index contributed by atoms with van der Waals surface area (Å²) in [6, 6.07) is 0. The third-order valence-electron chi connectivity index (χ3n) is 3.88. The quantitative estimate of drug-likeness (QED) is 0.584. The SMILES string of the molecule is CCCCCCCCCCCC1NCC=CN1C. The van der Waals surface area contributed by atoms with Crippen LogP contribution in [0.3, 0.4) is 0 Å². The Hall–Kier alpha value is -0.500. The van der Waals surface area contributed by atoms with E-state index in [-0.39, 0.29) is 0 Å². The van der Waals surface area contributed by atoms with Gasteiger partial charge < -0.3 is 4.90 Å². The number of rotatable bonds is 10. The van der Waals surface area contributed by atoms with Crippen LogP contribution >= 0.6 is 0 Å². The summed E-state index contributed by atoms with van der Waals surface area (Å²) >= 11 is 0. The normalized spacial score (nSPS) is 19.4. The Morgan fingerprint density at radius 2 is 1.61 bits per heavy atom. The molecule has 1 rings (SSSR count). The molecule has 106 valence electrons. The van der Waals surface area contributed by atoms with Crippen LogP contribution < -0.4 is 5.32 Å². The minimum Gasteiger partial charge on any atom is -0.365 e. The van der Waals surface area contributed by atoms with Gasteiger partial charge in [0.15, 0.2) is 0 Å². The molecular weight excluding hydrogens is 220 g/mol. The fraction of sp³-hybridized carbons (Fsp3) is 0.875. The van der Waals surface area contributed by atoms with Gasteiger partial charge in [0.1, 0.15) is 0 Å². The van der Waals surface area contributed by atoms with Gasteiger partial charge >= 0.3 is 0 Å². The molecule has 1 heterocycles. The van der Waals surface area contributed by atoms with Gasteiger partial charge in [-0.2, -0.15) is 0 Å². The number of nitrogens with zero attached hydrogens (tertiary/aromatic N) is 1. The second-order valence-corrected chi connectivity index (χ2v) is 5.59. The fourth-order valence-corrected chi connectivity index (χ4v) is 2.62. The van der Waals surface area contributed by atoms with E-state index in [4.69, 9.17) is 0 Å². The van der Waals surface area contributed by atoms with Gasteiger partial charge in [0, 0.05) is 13.6 Å². The lowest BCUT2D eigenvalue weighted by molar-refractivity contribution is 0.247. The molecule has 0 amide bonds. The summed E-state index contributed by atoms with van der Waals surface area (Å²) < 4.78 is 0. The topological polar surface area (TPSA) is 15.3 Å². The Balaban J connectivity index is 1.85. The molecular formula is C16H32N2. The molecule has 18 heavy (non-hydrogen) atoms. The first-order valence-electron chi connectivity index (χ1n) is 7.96. The molecule has 1 atom stereocenters. The van der Waals surface area contributed by atoms with E-state index in [9.17, 15) is 0 Å². The van der Waals surface area contributed by atoms with Crippen LogP contribution in [0.15, 0.2) is 12.3 Å². The highest BCUT2D eigenvalue weighted by Gasteiger charge is 2.12. The lowest BCUT2D eigenvalue weighted by Gasteiger charge is -2.30. The van der Waals surface area contributed by atoms with Crippen LogP contribution in [-0.4, -0.2) is 24.7 Å². The molecule has 0 spiro atoms. The van der Waals surface area contributed by atoms with Crippen molar-refractivity contribution >= 4 is 0 Å². The van der Waals surface area contributed by atoms with Crippen LogP contribution in [0.1, 0.15) is 71.1 Å². The van der Waals surface area contributed by atoms with Crippen molar-refractivity contribution in [3.63, 3.8) is 0 Å². The second-order valence-electron chi connectivity index (χ2n) is 5.59. The van der Waals surface area contributed by atoms with E-state index in [1.54, 1.807) is 0 Å². The van der Waals surface area contributed by atoms with E-state index >= 15 is 0 Å². The van der Waals surface area contributed by atoms with E-state index in [2.05, 4.69) is 36.5 Å². The first-order valence-corrected chi connectivity index (χ1v) is 7.96. The van der Waals surface area contributed by atoms with Crippen molar-refractivity contribution in [1.82, 2.24) is 10.2 Å². The van der Waals surface area contributed by atoms with Crippen LogP contribution in [0, 0.1) is 0 Å². The van der Waals surface area contributed by atoms with Crippen molar-refractivity contribution in [2.24, 2.45) is 0 Å². The van der Waals surface area contributed by atoms with Gasteiger partial charge in [-0.05, 0) is 12.6 Å². The maximum absolute atomic E-state index is 3.53. The molecule has 0 aromatic rings. The largest absolute Gasteiger partial charge is 0.365 e. The summed E-state index contributed by atoms with van der Waals surface area (Å²) in [7, 11) is 2.17. The first kappa shape index (κ1) is 15.6. The third-order valence-corrected chi connectivity index (χ3v) is 3.88. The zero-order chi connectivity index (χ0) is 13.1. The third kappa shape index (κ3) is 7.05. The van der Waals surface area contributed by atoms with Crippen LogP contribution in [0.2, 0.25) is 0 Å². The van der Waals surface area contributed by atoms with Crippen LogP contribution in [0.5, 0.6) is 0 Å². The van der Waals surface area contributed by atoms with Gasteiger partial charge in [-0.15, -0.1) is 0 Å². The van der Waals surface area contributed by atoms with Crippen molar-refractivity contribution in [2.45, 2.75) is 77.3 Å². The molecule has 1 unspecified atom stereocenters. The fourth-order valence-electron chi connectivity index (χ4n) is 2.62. The molecule has 0 aromatic heterocycles. The Morgan fingerprint density at radius 1 is 1.00 bits per heavy atom. The lowest BCUT2D eigenvalue weighted by Crippen LogP contribution is -2.43. The molecule has 0 aliphatic carbocycles. The summed E-state index contributed by atoms with van der Waals surface area (Å²) in [6.07, 6.45) is 19.0. The summed E-state index contributed by atoms with van der Waals surface area (Å²) in [5, 5.41) is 3.53. The molecule has 1 aliphatic heterocycles. The van der Waals surface area contributed by atoms with Crippen molar-refractivity contribution in [3.8, 4) is 0 Å². The predicted molar refractivity (Wildman–Crippen MR) is 80.5 cm³/mol. The van der Waals surface area contributed by atoms with Crippen LogP contribution in [-0.2, 0) is 0 Å². The standard InChI is InChI=1S/C16H32N2/c1-3-4-5-6-7-8-9-10-11-13-16-17-14-12-15-18(16)2/h12,15-17H,3-11,13-14H2,1-2H3. The van der Waals surface area contributed by atoms with Crippen molar-refractivity contribution < 1.29 is 0 Å². The average molecular weight is 252 g/mol. The first-order chi connectivity index (χ1) is 8.84. The molecule has 1 N–H and O–H groups in total. The molecule has 2 heteroatoms. The van der Waals surface area contributed by atoms with E-state index in [0.29, 0.717) is 6.17 Å². The van der Waals surface area contributed by atoms with Gasteiger partial charge in [-0.3, -0.25) is 5.32 Å². The molecule has 0 fully saturated rings. The highest BCUT2D eigenvalue weighted by atomic mass is 15.2. The predicted octanol–water partition coefficient (Wildman–Crippen LogP) is 4.28. The highest BCUT2D eigenvalue weighted by Crippen LogP contribution is 2.13. The molecule has 2 nitrogen and oxygen atoms in total. The molecule has 0 aromatic carbocycles. The van der Waals surface area contributed by atoms with Gasteiger partial charge in [-0.1, -0.05) is 70.8 Å². The monoisotopic (exact) mass is 252 g/mol. The second kappa shape index (κ2) is 10.4. The molecule has 0 radical (unpaired) electrons. The Bertz CT molecular complexity index is 213. The van der Waals surface area contributed by atoms with Gasteiger partial charge in [0.05, 0.1) is 6.17 Å². The minimum atomic E-state index is 0.569. The van der Waals surface area contributed by atoms with Gasteiger partial charge in [0.2, 0.25) is 0 Å². The van der Waals surface area contributed by atoms with Crippen molar-refractivity contribution in [2.75, 3.05) is 13.6 Å². The summed E-state index contributed by atoms with van der Waals surface area (Å²) in [4.78, 5) is 2.30. The Labute approximate surface area is 114 Å². The summed E-state index contributed by atoms with van der Waals surface area (Å²) in [5.41, 5.74) is 0. The maximum atomic E-state index is 3.53. The number of hydrogen-bond donors (Lipinski definition) is 1. The van der Waals surface area contributed by atoms with Crippen molar-refractivity contribution in [3.05, 3.63) is 12.3 Å². The molecule has 0 saturated heterocycles. The minimum absolute atomic E-state index is 0.569. The molecule has 0 saturated carbocycles. The maximum Gasteiger partial charge on any atom is 0.0789 e. The van der Waals surface area contributed by atoms with E-state index in [1.165, 1.54) is 64.2 Å². The van der Waals surface area contributed by atoms with E-state index in [1.807, 2.05) is 0 Å². The lowest BCUT2D eigenvalue weighted by atomic mass is 10.1. The van der Waals surface area contributed by atoms with Crippen LogP contribution in [0.4, 0.5) is 0 Å². The smallest absolute Gasteiger partial charge is 0.0789 e. The van der Waals surface area contributed by atoms with Crippen LogP contribution in [0.25, 0.3) is 0 Å². The highest BCUT2D eigenvalue weighted by molar-refractivity contribution is 4.91. The van der Waals surface area contributed by atoms with Crippen molar-refractivity contribution in [1.29, 1.82) is 0 Å². The summed E-state index contributed by atoms with van der Waals surface area (Å²) in [6.45, 7) is 3.32.